The van der Waals surface area contributed by atoms with E-state index in [0.29, 0.717) is 0 Å². The van der Waals surface area contributed by atoms with Gasteiger partial charge in [0.05, 0.1) is 22.1 Å². The Morgan fingerprint density at radius 2 is 1.10 bits per heavy atom. The summed E-state index contributed by atoms with van der Waals surface area (Å²) in [6, 6.07) is 47.0. The zero-order valence-electron chi connectivity index (χ0n) is 27.1. The van der Waals surface area contributed by atoms with Gasteiger partial charge in [0.25, 0.3) is 0 Å². The number of rotatable bonds is 2. The van der Waals surface area contributed by atoms with E-state index in [-0.39, 0.29) is 5.41 Å². The van der Waals surface area contributed by atoms with Gasteiger partial charge >= 0.3 is 0 Å². The molecule has 0 unspecified atom stereocenters. The summed E-state index contributed by atoms with van der Waals surface area (Å²) < 4.78 is 0. The molecule has 2 aromatic heterocycles. The molecule has 0 radical (unpaired) electrons. The minimum atomic E-state index is -0.376. The summed E-state index contributed by atoms with van der Waals surface area (Å²) in [6.45, 7) is 3.96. The predicted octanol–water partition coefficient (Wildman–Crippen LogP) is 9.07. The second-order valence-corrected chi connectivity index (χ2v) is 13.7. The Hall–Kier alpha value is -5.81. The molecule has 5 heteroatoms. The molecule has 5 nitrogen and oxygen atoms in total. The highest BCUT2D eigenvalue weighted by atomic mass is 15.4. The van der Waals surface area contributed by atoms with Crippen molar-refractivity contribution < 1.29 is 0 Å². The number of anilines is 1. The fourth-order valence-electron chi connectivity index (χ4n) is 9.17. The van der Waals surface area contributed by atoms with Crippen LogP contribution in [0.4, 0.5) is 5.82 Å². The molecule has 1 saturated heterocycles. The van der Waals surface area contributed by atoms with Gasteiger partial charge in [-0.15, -0.1) is 0 Å². The number of nitrogens with zero attached hydrogens (tertiary/aromatic N) is 5. The summed E-state index contributed by atoms with van der Waals surface area (Å²) >= 11 is 0. The summed E-state index contributed by atoms with van der Waals surface area (Å²) in [5.74, 6) is 2.02. The van der Waals surface area contributed by atoms with Crippen LogP contribution < -0.4 is 4.90 Å². The van der Waals surface area contributed by atoms with Crippen molar-refractivity contribution in [2.75, 3.05) is 31.1 Å². The second-order valence-electron chi connectivity index (χ2n) is 13.7. The highest BCUT2D eigenvalue weighted by Gasteiger charge is 2.51. The number of hydrogen-bond donors (Lipinski definition) is 0. The van der Waals surface area contributed by atoms with Crippen LogP contribution in [0.5, 0.6) is 0 Å². The number of fused-ring (bicyclic) bond motifs is 14. The molecule has 11 rings (SSSR count). The third-order valence-electron chi connectivity index (χ3n) is 11.2. The minimum absolute atomic E-state index is 0.376. The highest BCUT2D eigenvalue weighted by molar-refractivity contribution is 6.05. The van der Waals surface area contributed by atoms with Crippen LogP contribution in [0.1, 0.15) is 35.1 Å². The average Bonchev–Trinajstić information content (AvgIpc) is 3.64. The lowest BCUT2D eigenvalue weighted by atomic mass is 9.70. The Labute approximate surface area is 285 Å². The van der Waals surface area contributed by atoms with Crippen LogP contribution >= 0.6 is 0 Å². The maximum absolute atomic E-state index is 5.40. The van der Waals surface area contributed by atoms with Gasteiger partial charge in [-0.1, -0.05) is 103 Å². The molecule has 2 aliphatic carbocycles. The van der Waals surface area contributed by atoms with Gasteiger partial charge in [0.1, 0.15) is 5.82 Å². The molecule has 0 N–H and O–H groups in total. The van der Waals surface area contributed by atoms with Crippen molar-refractivity contribution in [3.05, 3.63) is 150 Å². The number of hydrogen-bond acceptors (Lipinski definition) is 5. The fraction of sp³-hybridized carbons (Fsp3) is 0.159. The molecule has 0 bridgehead atoms. The summed E-state index contributed by atoms with van der Waals surface area (Å²) in [5.41, 5.74) is 14.2. The average molecular weight is 632 g/mol. The summed E-state index contributed by atoms with van der Waals surface area (Å²) in [5, 5.41) is 2.20. The summed E-state index contributed by atoms with van der Waals surface area (Å²) in [7, 11) is 0. The number of guanidine groups is 1. The van der Waals surface area contributed by atoms with Crippen molar-refractivity contribution in [3.63, 3.8) is 0 Å². The third kappa shape index (κ3) is 3.67. The predicted molar refractivity (Wildman–Crippen MR) is 199 cm³/mol. The third-order valence-corrected chi connectivity index (χ3v) is 11.2. The monoisotopic (exact) mass is 631 g/mol. The minimum Gasteiger partial charge on any atom is -0.342 e. The molecule has 49 heavy (non-hydrogen) atoms. The maximum atomic E-state index is 5.40. The van der Waals surface area contributed by atoms with Crippen molar-refractivity contribution in [3.8, 4) is 33.5 Å². The SMILES string of the molecule is c1ccc2c(c1)-c1ccccc1C21c2ccccc2-c2ccc(-c3ccc4ccc5ccc(N6CCCN7CCCN=C76)nc5c4n3)cc21. The van der Waals surface area contributed by atoms with E-state index in [4.69, 9.17) is 15.0 Å². The van der Waals surface area contributed by atoms with Crippen LogP contribution in [-0.4, -0.2) is 47.0 Å². The van der Waals surface area contributed by atoms with E-state index in [2.05, 4.69) is 137 Å². The molecule has 0 atom stereocenters. The van der Waals surface area contributed by atoms with Crippen molar-refractivity contribution >= 4 is 33.6 Å². The van der Waals surface area contributed by atoms with Gasteiger partial charge in [-0.05, 0) is 81.6 Å². The van der Waals surface area contributed by atoms with Crippen LogP contribution in [-0.2, 0) is 5.41 Å². The quantitative estimate of drug-likeness (QED) is 0.179. The van der Waals surface area contributed by atoms with E-state index in [0.717, 1.165) is 83.9 Å². The number of benzene rings is 5. The van der Waals surface area contributed by atoms with Crippen LogP contribution in [0.3, 0.4) is 0 Å². The molecular weight excluding hydrogens is 599 g/mol. The van der Waals surface area contributed by atoms with Crippen molar-refractivity contribution in [2.24, 2.45) is 4.99 Å². The first-order chi connectivity index (χ1) is 24.3. The van der Waals surface area contributed by atoms with E-state index in [1.807, 2.05) is 0 Å². The molecule has 0 saturated carbocycles. The van der Waals surface area contributed by atoms with Gasteiger partial charge in [0.15, 0.2) is 0 Å². The van der Waals surface area contributed by atoms with Gasteiger partial charge in [-0.25, -0.2) is 9.97 Å². The van der Waals surface area contributed by atoms with E-state index in [9.17, 15) is 0 Å². The topological polar surface area (TPSA) is 44.6 Å². The smallest absolute Gasteiger partial charge is 0.202 e. The lowest BCUT2D eigenvalue weighted by Gasteiger charge is -2.40. The second kappa shape index (κ2) is 10.1. The largest absolute Gasteiger partial charge is 0.342 e. The number of aliphatic imine (C=N–C) groups is 1. The molecule has 4 heterocycles. The van der Waals surface area contributed by atoms with E-state index in [1.165, 1.54) is 44.5 Å². The van der Waals surface area contributed by atoms with Gasteiger partial charge in [0.2, 0.25) is 5.96 Å². The first kappa shape index (κ1) is 27.2. The van der Waals surface area contributed by atoms with Gasteiger partial charge in [-0.2, -0.15) is 0 Å². The maximum Gasteiger partial charge on any atom is 0.202 e. The highest BCUT2D eigenvalue weighted by Crippen LogP contribution is 2.63. The standard InChI is InChI=1S/C44H33N5/c1-4-12-35-31(9-1)32-10-2-5-13-36(32)44(35)37-14-6-3-11-33(37)34-20-17-30(27-38(34)44)39-21-18-28-15-16-29-19-22-40(47-42(29)41(28)46-39)49-26-8-25-48-24-7-23-45-43(48)49/h1-6,9-22,27H,7-8,23-26H2. The first-order valence-electron chi connectivity index (χ1n) is 17.5. The zero-order chi connectivity index (χ0) is 32.1. The van der Waals surface area contributed by atoms with Crippen molar-refractivity contribution in [2.45, 2.75) is 18.3 Å². The Kier molecular flexibility index (Phi) is 5.60. The lowest BCUT2D eigenvalue weighted by Crippen LogP contribution is -2.52. The normalized spacial score (nSPS) is 16.7. The Bertz CT molecular complexity index is 2490. The van der Waals surface area contributed by atoms with Crippen LogP contribution in [0.2, 0.25) is 0 Å². The molecule has 1 fully saturated rings. The zero-order valence-corrected chi connectivity index (χ0v) is 27.1. The van der Waals surface area contributed by atoms with Crippen molar-refractivity contribution in [1.82, 2.24) is 14.9 Å². The fourth-order valence-corrected chi connectivity index (χ4v) is 9.17. The van der Waals surface area contributed by atoms with Crippen molar-refractivity contribution in [1.29, 1.82) is 0 Å². The molecule has 1 spiro atoms. The molecule has 5 aromatic carbocycles. The Morgan fingerprint density at radius 1 is 0.510 bits per heavy atom. The van der Waals surface area contributed by atoms with Gasteiger partial charge in [-0.3, -0.25) is 9.89 Å². The number of aromatic nitrogens is 2. The Morgan fingerprint density at radius 3 is 1.82 bits per heavy atom. The summed E-state index contributed by atoms with van der Waals surface area (Å²) in [6.07, 6.45) is 2.23. The van der Waals surface area contributed by atoms with Gasteiger partial charge < -0.3 is 4.90 Å². The molecule has 0 amide bonds. The first-order valence-corrected chi connectivity index (χ1v) is 17.5. The molecule has 7 aromatic rings. The Balaban J connectivity index is 1.10. The van der Waals surface area contributed by atoms with Crippen LogP contribution in [0.25, 0.3) is 55.3 Å². The van der Waals surface area contributed by atoms with Crippen LogP contribution in [0, 0.1) is 0 Å². The van der Waals surface area contributed by atoms with E-state index in [1.54, 1.807) is 0 Å². The molecule has 2 aliphatic heterocycles. The van der Waals surface area contributed by atoms with E-state index >= 15 is 0 Å². The van der Waals surface area contributed by atoms with E-state index < -0.39 is 0 Å². The molecule has 4 aliphatic rings. The van der Waals surface area contributed by atoms with Gasteiger partial charge in [0, 0.05) is 42.5 Å². The lowest BCUT2D eigenvalue weighted by molar-refractivity contribution is 0.359. The summed E-state index contributed by atoms with van der Waals surface area (Å²) in [4.78, 5) is 20.3. The number of pyridine rings is 2. The molecule has 234 valence electrons. The van der Waals surface area contributed by atoms with Crippen LogP contribution in [0.15, 0.2) is 132 Å². The molecular formula is C44H33N5.